The number of carbonyl (C=O) groups excluding carboxylic acids is 4. The molecular formula is C41H45N3O6S2. The van der Waals surface area contributed by atoms with Gasteiger partial charge in [0.15, 0.2) is 0 Å². The maximum Gasteiger partial charge on any atom is 0.341 e. The van der Waals surface area contributed by atoms with Gasteiger partial charge in [-0.3, -0.25) is 14.4 Å². The van der Waals surface area contributed by atoms with Gasteiger partial charge in [-0.1, -0.05) is 62.2 Å². The molecule has 0 saturated heterocycles. The lowest BCUT2D eigenvalue weighted by Crippen LogP contribution is -2.30. The largest absolute Gasteiger partial charge is 0.493 e. The van der Waals surface area contributed by atoms with Gasteiger partial charge in [0, 0.05) is 26.6 Å². The van der Waals surface area contributed by atoms with Crippen LogP contribution in [0.15, 0.2) is 89.5 Å². The van der Waals surface area contributed by atoms with E-state index in [4.69, 9.17) is 9.47 Å². The number of rotatable bonds is 14. The van der Waals surface area contributed by atoms with Crippen molar-refractivity contribution in [1.82, 2.24) is 5.32 Å². The number of esters is 1. The van der Waals surface area contributed by atoms with Crippen molar-refractivity contribution < 1.29 is 28.7 Å². The summed E-state index contributed by atoms with van der Waals surface area (Å²) >= 11 is 2.86. The number of aryl methyl sites for hydroxylation is 1. The molecule has 3 N–H and O–H groups in total. The van der Waals surface area contributed by atoms with Crippen LogP contribution in [0.25, 0.3) is 6.08 Å². The van der Waals surface area contributed by atoms with Crippen LogP contribution >= 0.6 is 23.1 Å². The first-order valence-electron chi connectivity index (χ1n) is 17.8. The Morgan fingerprint density at radius 3 is 2.35 bits per heavy atom. The van der Waals surface area contributed by atoms with Crippen molar-refractivity contribution in [3.05, 3.63) is 112 Å². The van der Waals surface area contributed by atoms with Gasteiger partial charge >= 0.3 is 5.97 Å². The first-order chi connectivity index (χ1) is 25.3. The third-order valence-electron chi connectivity index (χ3n) is 8.47. The van der Waals surface area contributed by atoms with Gasteiger partial charge in [-0.25, -0.2) is 4.79 Å². The quantitative estimate of drug-likeness (QED) is 0.0671. The maximum atomic E-state index is 13.8. The molecule has 1 aliphatic carbocycles. The van der Waals surface area contributed by atoms with Crippen molar-refractivity contribution in [1.29, 1.82) is 0 Å². The molecule has 1 atom stereocenters. The van der Waals surface area contributed by atoms with E-state index < -0.39 is 23.0 Å². The number of fused-ring (bicyclic) bond motifs is 1. The summed E-state index contributed by atoms with van der Waals surface area (Å²) in [5.74, 6) is -0.976. The van der Waals surface area contributed by atoms with Crippen LogP contribution in [-0.2, 0) is 27.2 Å². The van der Waals surface area contributed by atoms with E-state index in [1.807, 2.05) is 44.2 Å². The lowest BCUT2D eigenvalue weighted by molar-refractivity contribution is -0.116. The van der Waals surface area contributed by atoms with Gasteiger partial charge < -0.3 is 25.4 Å². The van der Waals surface area contributed by atoms with Crippen LogP contribution in [-0.4, -0.2) is 42.2 Å². The van der Waals surface area contributed by atoms with Crippen LogP contribution < -0.4 is 20.7 Å². The molecule has 1 heterocycles. The van der Waals surface area contributed by atoms with Crippen molar-refractivity contribution in [2.45, 2.75) is 75.9 Å². The second-order valence-electron chi connectivity index (χ2n) is 12.2. The van der Waals surface area contributed by atoms with Crippen LogP contribution in [0.2, 0.25) is 0 Å². The molecule has 4 aromatic rings. The maximum absolute atomic E-state index is 13.8. The van der Waals surface area contributed by atoms with Crippen LogP contribution in [0, 0.1) is 0 Å². The van der Waals surface area contributed by atoms with Gasteiger partial charge in [-0.05, 0) is 94.0 Å². The molecular weight excluding hydrogens is 695 g/mol. The summed E-state index contributed by atoms with van der Waals surface area (Å²) in [7, 11) is 0. The molecule has 0 fully saturated rings. The number of amides is 3. The Bertz CT molecular complexity index is 1910. The van der Waals surface area contributed by atoms with E-state index in [1.54, 1.807) is 61.5 Å². The molecule has 52 heavy (non-hydrogen) atoms. The minimum absolute atomic E-state index is 0.0346. The number of carbonyl (C=O) groups is 4. The highest BCUT2D eigenvalue weighted by Gasteiger charge is 2.28. The van der Waals surface area contributed by atoms with Gasteiger partial charge in [0.1, 0.15) is 16.4 Å². The molecule has 1 aromatic heterocycles. The summed E-state index contributed by atoms with van der Waals surface area (Å²) in [4.78, 5) is 55.7. The van der Waals surface area contributed by atoms with E-state index in [2.05, 4.69) is 16.0 Å². The molecule has 0 radical (unpaired) electrons. The van der Waals surface area contributed by atoms with Gasteiger partial charge in [0.05, 0.1) is 24.0 Å². The summed E-state index contributed by atoms with van der Waals surface area (Å²) in [6.45, 7) is 6.29. The first kappa shape index (κ1) is 38.4. The van der Waals surface area contributed by atoms with E-state index in [0.717, 1.165) is 53.9 Å². The zero-order valence-corrected chi connectivity index (χ0v) is 31.4. The number of benzene rings is 3. The Balaban J connectivity index is 1.34. The van der Waals surface area contributed by atoms with Crippen LogP contribution in [0.1, 0.15) is 89.6 Å². The Morgan fingerprint density at radius 2 is 1.60 bits per heavy atom. The zero-order valence-electron chi connectivity index (χ0n) is 29.8. The molecule has 3 aromatic carbocycles. The van der Waals surface area contributed by atoms with E-state index >= 15 is 0 Å². The Labute approximate surface area is 313 Å². The molecule has 11 heteroatoms. The van der Waals surface area contributed by atoms with Crippen molar-refractivity contribution in [2.24, 2.45) is 0 Å². The lowest BCUT2D eigenvalue weighted by atomic mass is 9.96. The van der Waals surface area contributed by atoms with Gasteiger partial charge in [0.2, 0.25) is 5.91 Å². The summed E-state index contributed by atoms with van der Waals surface area (Å²) in [6, 6.07) is 23.2. The SMILES string of the molecule is CCOC(=O)c1c(NC(=O)C(CC)Sc2cccc(NC(=O)/C(=C\c3ccccc3OCC)NC(=O)c3ccccc3)c2)sc2c1CCCCCC2. The fourth-order valence-corrected chi connectivity index (χ4v) is 8.23. The van der Waals surface area contributed by atoms with Crippen LogP contribution in [0.3, 0.4) is 0 Å². The standard InChI is InChI=1S/C41H45N3O6S2/c1-4-34(39(47)44-40-36(41(48)50-6-3)31-22-12-7-8-13-24-35(31)52-40)51-30-21-16-20-29(26-30)42-38(46)32(43-37(45)27-17-10-9-11-18-27)25-28-19-14-15-23-33(28)49-5-2/h9-11,14-21,23,25-26,34H,4-8,12-13,22,24H2,1-3H3,(H,42,46)(H,43,45)(H,44,47)/b32-25+. The Kier molecular flexibility index (Phi) is 14.1. The van der Waals surface area contributed by atoms with E-state index in [9.17, 15) is 19.2 Å². The van der Waals surface area contributed by atoms with Crippen molar-refractivity contribution >= 4 is 63.6 Å². The topological polar surface area (TPSA) is 123 Å². The zero-order chi connectivity index (χ0) is 36.9. The molecule has 1 unspecified atom stereocenters. The molecule has 272 valence electrons. The molecule has 0 bridgehead atoms. The number of thiophene rings is 1. The normalized spacial score (nSPS) is 13.5. The Hall–Kier alpha value is -4.87. The van der Waals surface area contributed by atoms with Gasteiger partial charge in [-0.2, -0.15) is 0 Å². The van der Waals surface area contributed by atoms with Crippen LogP contribution in [0.4, 0.5) is 10.7 Å². The number of nitrogens with one attached hydrogen (secondary N) is 3. The highest BCUT2D eigenvalue weighted by atomic mass is 32.2. The summed E-state index contributed by atoms with van der Waals surface area (Å²) in [5.41, 5.74) is 3.07. The minimum Gasteiger partial charge on any atom is -0.493 e. The summed E-state index contributed by atoms with van der Waals surface area (Å²) in [5, 5.41) is 8.85. The van der Waals surface area contributed by atoms with Crippen molar-refractivity contribution in [3.8, 4) is 5.75 Å². The lowest BCUT2D eigenvalue weighted by Gasteiger charge is -2.16. The average Bonchev–Trinajstić information content (AvgIpc) is 3.46. The van der Waals surface area contributed by atoms with Crippen molar-refractivity contribution in [3.63, 3.8) is 0 Å². The number of para-hydroxylation sites is 1. The van der Waals surface area contributed by atoms with E-state index in [-0.39, 0.29) is 18.2 Å². The third-order valence-corrected chi connectivity index (χ3v) is 11.0. The summed E-state index contributed by atoms with van der Waals surface area (Å²) in [6.07, 6.45) is 8.14. The molecule has 0 aliphatic heterocycles. The average molecular weight is 740 g/mol. The predicted molar refractivity (Wildman–Crippen MR) is 209 cm³/mol. The number of hydrogen-bond acceptors (Lipinski definition) is 8. The fraction of sp³-hybridized carbons (Fsp3) is 0.317. The minimum atomic E-state index is -0.526. The number of ether oxygens (including phenoxy) is 2. The number of hydrogen-bond donors (Lipinski definition) is 3. The highest BCUT2D eigenvalue weighted by Crippen LogP contribution is 2.38. The number of thioether (sulfide) groups is 1. The van der Waals surface area contributed by atoms with Crippen LogP contribution in [0.5, 0.6) is 5.75 Å². The Morgan fingerprint density at radius 1 is 0.846 bits per heavy atom. The highest BCUT2D eigenvalue weighted by molar-refractivity contribution is 8.00. The van der Waals surface area contributed by atoms with Crippen molar-refractivity contribution in [2.75, 3.05) is 23.8 Å². The molecule has 9 nitrogen and oxygen atoms in total. The molecule has 0 spiro atoms. The molecule has 3 amide bonds. The van der Waals surface area contributed by atoms with E-state index in [1.165, 1.54) is 23.1 Å². The number of anilines is 2. The van der Waals surface area contributed by atoms with Gasteiger partial charge in [0.25, 0.3) is 11.8 Å². The first-order valence-corrected chi connectivity index (χ1v) is 19.5. The van der Waals surface area contributed by atoms with E-state index in [0.29, 0.717) is 46.2 Å². The molecule has 0 saturated carbocycles. The monoisotopic (exact) mass is 739 g/mol. The molecule has 1 aliphatic rings. The van der Waals surface area contributed by atoms with Gasteiger partial charge in [-0.15, -0.1) is 23.1 Å². The smallest absolute Gasteiger partial charge is 0.341 e. The second-order valence-corrected chi connectivity index (χ2v) is 14.6. The summed E-state index contributed by atoms with van der Waals surface area (Å²) < 4.78 is 11.2. The predicted octanol–water partition coefficient (Wildman–Crippen LogP) is 8.90. The molecule has 5 rings (SSSR count). The third kappa shape index (κ3) is 10.1. The second kappa shape index (κ2) is 19.1. The fourth-order valence-electron chi connectivity index (χ4n) is 5.94.